The van der Waals surface area contributed by atoms with Gasteiger partial charge < -0.3 is 14.8 Å². The van der Waals surface area contributed by atoms with Gasteiger partial charge in [-0.1, -0.05) is 41.4 Å². The maximum atomic E-state index is 6.21. The zero-order chi connectivity index (χ0) is 20.1. The minimum absolute atomic E-state index is 0.351. The molecule has 3 rings (SSSR count). The number of benzene rings is 3. The van der Waals surface area contributed by atoms with Crippen molar-refractivity contribution in [2.75, 3.05) is 12.4 Å². The Labute approximate surface area is 191 Å². The molecule has 3 aromatic carbocycles. The van der Waals surface area contributed by atoms with E-state index in [2.05, 4.69) is 37.2 Å². The average Bonchev–Trinajstić information content (AvgIpc) is 2.68. The van der Waals surface area contributed by atoms with Crippen molar-refractivity contribution in [1.82, 2.24) is 0 Å². The van der Waals surface area contributed by atoms with Gasteiger partial charge in [-0.3, -0.25) is 0 Å². The molecule has 0 saturated heterocycles. The van der Waals surface area contributed by atoms with Gasteiger partial charge in [-0.15, -0.1) is 0 Å². The predicted molar refractivity (Wildman–Crippen MR) is 123 cm³/mol. The second-order valence-electron chi connectivity index (χ2n) is 5.97. The van der Waals surface area contributed by atoms with E-state index < -0.39 is 0 Å². The standard InChI is InChI=1S/C21H17Br2Cl2NO2/c1-27-20-9-13(11-26-15-6-7-16(22)19(25)10-15)8-17(23)21(20)28-12-14-4-2-3-5-18(14)24/h2-10,26H,11-12H2,1H3. The van der Waals surface area contributed by atoms with Gasteiger partial charge in [0.1, 0.15) is 6.61 Å². The fourth-order valence-corrected chi connectivity index (χ4v) is 3.81. The summed E-state index contributed by atoms with van der Waals surface area (Å²) in [6, 6.07) is 17.3. The highest BCUT2D eigenvalue weighted by Gasteiger charge is 2.13. The molecule has 0 aromatic heterocycles. The van der Waals surface area contributed by atoms with Gasteiger partial charge in [0.15, 0.2) is 11.5 Å². The van der Waals surface area contributed by atoms with Crippen LogP contribution in [0, 0.1) is 0 Å². The van der Waals surface area contributed by atoms with Crippen LogP contribution in [0.1, 0.15) is 11.1 Å². The minimum atomic E-state index is 0.351. The molecule has 28 heavy (non-hydrogen) atoms. The van der Waals surface area contributed by atoms with Gasteiger partial charge in [-0.2, -0.15) is 0 Å². The SMILES string of the molecule is COc1cc(CNc2ccc(Br)c(Cl)c2)cc(Br)c1OCc1ccccc1Cl. The molecule has 1 N–H and O–H groups in total. The predicted octanol–water partition coefficient (Wildman–Crippen LogP) is 7.72. The molecule has 0 spiro atoms. The zero-order valence-corrected chi connectivity index (χ0v) is 19.6. The molecule has 0 unspecified atom stereocenters. The molecule has 0 amide bonds. The third-order valence-corrected chi connectivity index (χ3v) is 6.23. The molecule has 0 aliphatic heterocycles. The largest absolute Gasteiger partial charge is 0.493 e. The maximum Gasteiger partial charge on any atom is 0.175 e. The van der Waals surface area contributed by atoms with Crippen molar-refractivity contribution in [3.05, 3.63) is 84.7 Å². The summed E-state index contributed by atoms with van der Waals surface area (Å²) >= 11 is 19.3. The summed E-state index contributed by atoms with van der Waals surface area (Å²) in [4.78, 5) is 0. The molecule has 0 aliphatic carbocycles. The van der Waals surface area contributed by atoms with Crippen LogP contribution >= 0.6 is 55.1 Å². The molecule has 3 nitrogen and oxygen atoms in total. The molecule has 0 atom stereocenters. The highest BCUT2D eigenvalue weighted by atomic mass is 79.9. The Bertz CT molecular complexity index is 983. The smallest absolute Gasteiger partial charge is 0.175 e. The van der Waals surface area contributed by atoms with E-state index in [0.29, 0.717) is 34.7 Å². The van der Waals surface area contributed by atoms with E-state index in [1.165, 1.54) is 0 Å². The van der Waals surface area contributed by atoms with Crippen LogP contribution in [-0.4, -0.2) is 7.11 Å². The molecule has 0 heterocycles. The molecule has 0 radical (unpaired) electrons. The fourth-order valence-electron chi connectivity index (χ4n) is 2.59. The van der Waals surface area contributed by atoms with Gasteiger partial charge >= 0.3 is 0 Å². The first-order chi connectivity index (χ1) is 13.5. The number of hydrogen-bond donors (Lipinski definition) is 1. The summed E-state index contributed by atoms with van der Waals surface area (Å²) < 4.78 is 13.2. The van der Waals surface area contributed by atoms with Gasteiger partial charge in [-0.25, -0.2) is 0 Å². The van der Waals surface area contributed by atoms with Crippen molar-refractivity contribution in [2.45, 2.75) is 13.2 Å². The Kier molecular flexibility index (Phi) is 7.52. The number of nitrogens with one attached hydrogen (secondary N) is 1. The Morgan fingerprint density at radius 3 is 2.43 bits per heavy atom. The lowest BCUT2D eigenvalue weighted by Gasteiger charge is -2.15. The second-order valence-corrected chi connectivity index (χ2v) is 8.49. The number of ether oxygens (including phenoxy) is 2. The van der Waals surface area contributed by atoms with Crippen molar-refractivity contribution in [1.29, 1.82) is 0 Å². The van der Waals surface area contributed by atoms with Gasteiger partial charge in [-0.05, 0) is 73.8 Å². The quantitative estimate of drug-likeness (QED) is 0.330. The van der Waals surface area contributed by atoms with Crippen molar-refractivity contribution in [3.8, 4) is 11.5 Å². The molecule has 3 aromatic rings. The van der Waals surface area contributed by atoms with E-state index in [0.717, 1.165) is 25.8 Å². The van der Waals surface area contributed by atoms with E-state index in [1.54, 1.807) is 7.11 Å². The van der Waals surface area contributed by atoms with E-state index in [4.69, 9.17) is 32.7 Å². The summed E-state index contributed by atoms with van der Waals surface area (Å²) in [7, 11) is 1.62. The summed E-state index contributed by atoms with van der Waals surface area (Å²) in [6.45, 7) is 0.960. The summed E-state index contributed by atoms with van der Waals surface area (Å²) in [5.74, 6) is 1.28. The van der Waals surface area contributed by atoms with E-state index in [9.17, 15) is 0 Å². The van der Waals surface area contributed by atoms with Crippen LogP contribution in [0.3, 0.4) is 0 Å². The van der Waals surface area contributed by atoms with Crippen LogP contribution < -0.4 is 14.8 Å². The van der Waals surface area contributed by atoms with Crippen LogP contribution in [0.4, 0.5) is 5.69 Å². The van der Waals surface area contributed by atoms with E-state index in [-0.39, 0.29) is 0 Å². The van der Waals surface area contributed by atoms with E-state index >= 15 is 0 Å². The first-order valence-electron chi connectivity index (χ1n) is 8.39. The van der Waals surface area contributed by atoms with Crippen LogP contribution in [0.5, 0.6) is 11.5 Å². The number of halogens is 4. The topological polar surface area (TPSA) is 30.5 Å². The highest BCUT2D eigenvalue weighted by Crippen LogP contribution is 2.38. The summed E-state index contributed by atoms with van der Waals surface area (Å²) in [6.07, 6.45) is 0. The maximum absolute atomic E-state index is 6.21. The number of anilines is 1. The van der Waals surface area contributed by atoms with Gasteiger partial charge in [0.25, 0.3) is 0 Å². The first-order valence-corrected chi connectivity index (χ1v) is 10.7. The van der Waals surface area contributed by atoms with Crippen LogP contribution in [-0.2, 0) is 13.2 Å². The molecular formula is C21H17Br2Cl2NO2. The van der Waals surface area contributed by atoms with Gasteiger partial charge in [0.2, 0.25) is 0 Å². The molecule has 0 saturated carbocycles. The highest BCUT2D eigenvalue weighted by molar-refractivity contribution is 9.10. The van der Waals surface area contributed by atoms with Crippen molar-refractivity contribution in [2.24, 2.45) is 0 Å². The number of methoxy groups -OCH3 is 1. The molecule has 7 heteroatoms. The monoisotopic (exact) mass is 543 g/mol. The van der Waals surface area contributed by atoms with Gasteiger partial charge in [0, 0.05) is 27.3 Å². The molecule has 0 bridgehead atoms. The Hall–Kier alpha value is -1.40. The average molecular weight is 546 g/mol. The van der Waals surface area contributed by atoms with Gasteiger partial charge in [0.05, 0.1) is 16.6 Å². The normalized spacial score (nSPS) is 10.6. The fraction of sp³-hybridized carbons (Fsp3) is 0.143. The summed E-state index contributed by atoms with van der Waals surface area (Å²) in [5.41, 5.74) is 2.88. The summed E-state index contributed by atoms with van der Waals surface area (Å²) in [5, 5.41) is 4.68. The minimum Gasteiger partial charge on any atom is -0.493 e. The Morgan fingerprint density at radius 2 is 1.71 bits per heavy atom. The first kappa shape index (κ1) is 21.3. The van der Waals surface area contributed by atoms with Crippen molar-refractivity contribution in [3.63, 3.8) is 0 Å². The van der Waals surface area contributed by atoms with Crippen LogP contribution in [0.15, 0.2) is 63.5 Å². The number of hydrogen-bond acceptors (Lipinski definition) is 3. The lowest BCUT2D eigenvalue weighted by atomic mass is 10.2. The Morgan fingerprint density at radius 1 is 0.929 bits per heavy atom. The third-order valence-electron chi connectivity index (χ3n) is 4.04. The van der Waals surface area contributed by atoms with Crippen LogP contribution in [0.2, 0.25) is 10.0 Å². The Balaban J connectivity index is 1.73. The van der Waals surface area contributed by atoms with Crippen molar-refractivity contribution >= 4 is 60.7 Å². The molecule has 146 valence electrons. The molecular weight excluding hydrogens is 529 g/mol. The molecule has 0 aliphatic rings. The molecule has 0 fully saturated rings. The second kappa shape index (κ2) is 9.88. The lowest BCUT2D eigenvalue weighted by molar-refractivity contribution is 0.282. The lowest BCUT2D eigenvalue weighted by Crippen LogP contribution is -2.03. The van der Waals surface area contributed by atoms with E-state index in [1.807, 2.05) is 54.6 Å². The third kappa shape index (κ3) is 5.35. The number of rotatable bonds is 7. The zero-order valence-electron chi connectivity index (χ0n) is 14.9. The van der Waals surface area contributed by atoms with Crippen LogP contribution in [0.25, 0.3) is 0 Å². The van der Waals surface area contributed by atoms with Crippen molar-refractivity contribution < 1.29 is 9.47 Å².